The predicted octanol–water partition coefficient (Wildman–Crippen LogP) is 5.40. The Hall–Kier alpha value is -3.73. The van der Waals surface area contributed by atoms with Crippen LogP contribution in [0.15, 0.2) is 82.3 Å². The lowest BCUT2D eigenvalue weighted by Crippen LogP contribution is -2.12. The van der Waals surface area contributed by atoms with Crippen molar-refractivity contribution in [1.29, 1.82) is 0 Å². The molecule has 0 aliphatic carbocycles. The molecule has 5 heteroatoms. The van der Waals surface area contributed by atoms with E-state index < -0.39 is 0 Å². The van der Waals surface area contributed by atoms with Crippen molar-refractivity contribution in [1.82, 2.24) is 4.98 Å². The van der Waals surface area contributed by atoms with Gasteiger partial charge in [-0.2, -0.15) is 0 Å². The second-order valence-electron chi connectivity index (χ2n) is 8.20. The number of anilines is 1. The largest absolute Gasteiger partial charge is 0.456 e. The van der Waals surface area contributed by atoms with Gasteiger partial charge in [0, 0.05) is 35.3 Å². The van der Waals surface area contributed by atoms with E-state index in [1.165, 1.54) is 11.6 Å². The van der Waals surface area contributed by atoms with Crippen LogP contribution in [0.5, 0.6) is 0 Å². The molecule has 0 aliphatic rings. The van der Waals surface area contributed by atoms with Crippen LogP contribution >= 0.6 is 0 Å². The zero-order valence-corrected chi connectivity index (χ0v) is 17.1. The Kier molecular flexibility index (Phi) is 4.96. The van der Waals surface area contributed by atoms with Gasteiger partial charge in [0.15, 0.2) is 5.43 Å². The number of benzene rings is 2. The topological polar surface area (TPSA) is 72.2 Å². The van der Waals surface area contributed by atoms with Crippen molar-refractivity contribution in [3.8, 4) is 11.3 Å². The minimum absolute atomic E-state index is 0.0554. The smallest absolute Gasteiger partial charge is 0.255 e. The van der Waals surface area contributed by atoms with Crippen molar-refractivity contribution in [3.63, 3.8) is 0 Å². The number of nitrogens with one attached hydrogen (secondary N) is 1. The molecule has 4 aromatic rings. The van der Waals surface area contributed by atoms with Gasteiger partial charge in [-0.25, -0.2) is 0 Å². The van der Waals surface area contributed by atoms with E-state index in [0.29, 0.717) is 28.0 Å². The fourth-order valence-electron chi connectivity index (χ4n) is 3.22. The predicted molar refractivity (Wildman–Crippen MR) is 119 cm³/mol. The lowest BCUT2D eigenvalue weighted by Gasteiger charge is -2.19. The number of carbonyl (C=O) groups excluding carboxylic acids is 1. The molecule has 5 nitrogen and oxygen atoms in total. The van der Waals surface area contributed by atoms with Crippen LogP contribution in [0, 0.1) is 0 Å². The van der Waals surface area contributed by atoms with Gasteiger partial charge in [-0.05, 0) is 41.3 Å². The van der Waals surface area contributed by atoms with Crippen LogP contribution in [0.4, 0.5) is 5.69 Å². The van der Waals surface area contributed by atoms with Gasteiger partial charge in [0.2, 0.25) is 0 Å². The van der Waals surface area contributed by atoms with Crippen molar-refractivity contribution in [2.24, 2.45) is 0 Å². The maximum Gasteiger partial charge on any atom is 0.255 e. The van der Waals surface area contributed by atoms with Crippen molar-refractivity contribution in [3.05, 3.63) is 94.4 Å². The highest BCUT2D eigenvalue weighted by molar-refractivity contribution is 6.04. The van der Waals surface area contributed by atoms with Crippen LogP contribution in [-0.4, -0.2) is 10.9 Å². The number of rotatable bonds is 3. The maximum absolute atomic E-state index is 12.7. The molecule has 1 amide bonds. The maximum atomic E-state index is 12.7. The van der Waals surface area contributed by atoms with E-state index in [1.807, 2.05) is 12.1 Å². The third-order valence-corrected chi connectivity index (χ3v) is 4.96. The van der Waals surface area contributed by atoms with Gasteiger partial charge < -0.3 is 9.73 Å². The first-order valence-corrected chi connectivity index (χ1v) is 9.71. The third-order valence-electron chi connectivity index (χ3n) is 4.96. The summed E-state index contributed by atoms with van der Waals surface area (Å²) < 4.78 is 5.98. The molecule has 0 spiro atoms. The molecule has 4 rings (SSSR count). The van der Waals surface area contributed by atoms with E-state index in [4.69, 9.17) is 4.42 Å². The number of carbonyl (C=O) groups is 1. The standard InChI is InChI=1S/C25H22N2O3/c1-25(2,3)18-6-4-16(5-7-18)23-15-21(28)20-14-19(8-9-22(20)30-23)27-24(29)17-10-12-26-13-11-17/h4-15H,1-3H3,(H,27,29). The first-order valence-electron chi connectivity index (χ1n) is 9.71. The number of hydrogen-bond acceptors (Lipinski definition) is 4. The zero-order valence-electron chi connectivity index (χ0n) is 17.1. The average Bonchev–Trinajstić information content (AvgIpc) is 2.74. The summed E-state index contributed by atoms with van der Waals surface area (Å²) in [6.45, 7) is 6.47. The highest BCUT2D eigenvalue weighted by Crippen LogP contribution is 2.27. The summed E-state index contributed by atoms with van der Waals surface area (Å²) in [7, 11) is 0. The van der Waals surface area contributed by atoms with Crippen molar-refractivity contribution in [2.45, 2.75) is 26.2 Å². The zero-order chi connectivity index (χ0) is 21.3. The molecule has 2 aromatic heterocycles. The van der Waals surface area contributed by atoms with Gasteiger partial charge in [-0.3, -0.25) is 14.6 Å². The molecule has 0 radical (unpaired) electrons. The molecule has 150 valence electrons. The summed E-state index contributed by atoms with van der Waals surface area (Å²) in [5.74, 6) is 0.248. The molecule has 0 atom stereocenters. The third kappa shape index (κ3) is 4.01. The lowest BCUT2D eigenvalue weighted by molar-refractivity contribution is 0.102. The number of hydrogen-bond donors (Lipinski definition) is 1. The SMILES string of the molecule is CC(C)(C)c1ccc(-c2cc(=O)c3cc(NC(=O)c4ccncc4)ccc3o2)cc1. The van der Waals surface area contributed by atoms with E-state index in [1.54, 1.807) is 42.7 Å². The van der Waals surface area contributed by atoms with Gasteiger partial charge in [-0.1, -0.05) is 45.0 Å². The first-order chi connectivity index (χ1) is 14.3. The number of pyridine rings is 1. The summed E-state index contributed by atoms with van der Waals surface area (Å²) >= 11 is 0. The molecule has 0 saturated heterocycles. The Balaban J connectivity index is 1.64. The summed E-state index contributed by atoms with van der Waals surface area (Å²) in [6.07, 6.45) is 3.11. The van der Waals surface area contributed by atoms with Gasteiger partial charge in [0.05, 0.1) is 5.39 Å². The minimum atomic E-state index is -0.267. The fourth-order valence-corrected chi connectivity index (χ4v) is 3.22. The van der Waals surface area contributed by atoms with Crippen LogP contribution < -0.4 is 10.7 Å². The van der Waals surface area contributed by atoms with Crippen LogP contribution in [0.3, 0.4) is 0 Å². The Morgan fingerprint density at radius 3 is 2.30 bits per heavy atom. The summed E-state index contributed by atoms with van der Waals surface area (Å²) in [6, 6.07) is 17.8. The monoisotopic (exact) mass is 398 g/mol. The number of amides is 1. The number of aromatic nitrogens is 1. The van der Waals surface area contributed by atoms with E-state index in [9.17, 15) is 9.59 Å². The number of fused-ring (bicyclic) bond motifs is 1. The quantitative estimate of drug-likeness (QED) is 0.501. The second-order valence-corrected chi connectivity index (χ2v) is 8.20. The van der Waals surface area contributed by atoms with E-state index in [-0.39, 0.29) is 16.8 Å². The normalized spacial score (nSPS) is 11.4. The Morgan fingerprint density at radius 2 is 1.63 bits per heavy atom. The molecule has 0 unspecified atom stereocenters. The lowest BCUT2D eigenvalue weighted by atomic mass is 9.86. The molecule has 0 bridgehead atoms. The molecule has 30 heavy (non-hydrogen) atoms. The van der Waals surface area contributed by atoms with Gasteiger partial charge >= 0.3 is 0 Å². The molecule has 1 N–H and O–H groups in total. The summed E-state index contributed by atoms with van der Waals surface area (Å²) in [5, 5.41) is 3.21. The molecular weight excluding hydrogens is 376 g/mol. The van der Waals surface area contributed by atoms with Crippen molar-refractivity contribution in [2.75, 3.05) is 5.32 Å². The highest BCUT2D eigenvalue weighted by atomic mass is 16.3. The van der Waals surface area contributed by atoms with Gasteiger partial charge in [0.25, 0.3) is 5.91 Å². The van der Waals surface area contributed by atoms with E-state index in [0.717, 1.165) is 5.56 Å². The van der Waals surface area contributed by atoms with Crippen molar-refractivity contribution < 1.29 is 9.21 Å². The van der Waals surface area contributed by atoms with Gasteiger partial charge in [0.1, 0.15) is 11.3 Å². The average molecular weight is 398 g/mol. The van der Waals surface area contributed by atoms with E-state index in [2.05, 4.69) is 43.2 Å². The summed E-state index contributed by atoms with van der Waals surface area (Å²) in [4.78, 5) is 29.0. The van der Waals surface area contributed by atoms with Crippen molar-refractivity contribution >= 4 is 22.6 Å². The summed E-state index contributed by atoms with van der Waals surface area (Å²) in [5.41, 5.74) is 3.44. The fraction of sp³-hybridized carbons (Fsp3) is 0.160. The van der Waals surface area contributed by atoms with Crippen LogP contribution in [-0.2, 0) is 5.41 Å². The Morgan fingerprint density at radius 1 is 0.933 bits per heavy atom. The molecule has 2 heterocycles. The molecule has 0 fully saturated rings. The minimum Gasteiger partial charge on any atom is -0.456 e. The molecule has 0 saturated carbocycles. The molecular formula is C25H22N2O3. The molecule has 0 aliphatic heterocycles. The Labute approximate surface area is 174 Å². The second kappa shape index (κ2) is 7.59. The van der Waals surface area contributed by atoms with E-state index >= 15 is 0 Å². The highest BCUT2D eigenvalue weighted by Gasteiger charge is 2.14. The van der Waals surface area contributed by atoms with Crippen LogP contribution in [0.25, 0.3) is 22.3 Å². The van der Waals surface area contributed by atoms with Crippen LogP contribution in [0.1, 0.15) is 36.7 Å². The first kappa shape index (κ1) is 19.6. The molecule has 2 aromatic carbocycles. The van der Waals surface area contributed by atoms with Gasteiger partial charge in [-0.15, -0.1) is 0 Å². The number of nitrogens with zero attached hydrogens (tertiary/aromatic N) is 1. The Bertz CT molecular complexity index is 1270. The van der Waals surface area contributed by atoms with Crippen LogP contribution in [0.2, 0.25) is 0 Å².